The van der Waals surface area contributed by atoms with Crippen molar-refractivity contribution in [2.45, 2.75) is 50.0 Å². The summed E-state index contributed by atoms with van der Waals surface area (Å²) in [6.45, 7) is -1.23. The molecule has 0 radical (unpaired) electrons. The Morgan fingerprint density at radius 1 is 1.17 bits per heavy atom. The molecule has 1 saturated carbocycles. The predicted molar refractivity (Wildman–Crippen MR) is 145 cm³/mol. The number of sulfone groups is 1. The third kappa shape index (κ3) is 5.80. The van der Waals surface area contributed by atoms with Crippen LogP contribution in [-0.4, -0.2) is 60.9 Å². The van der Waals surface area contributed by atoms with Crippen LogP contribution in [0.2, 0.25) is 0 Å². The SMILES string of the molecule is CS(=O)(=O)CC(=O)Nc1c(-c2ccc(OC3CC3)cc2)nn2c1C(=O)N[C@@]1(CCc3cc(OCC(F)(F)F)ccc31)C2. The number of hydrogen-bond acceptors (Lipinski definition) is 7. The second-order valence-electron chi connectivity index (χ2n) is 10.9. The minimum Gasteiger partial charge on any atom is -0.490 e. The summed E-state index contributed by atoms with van der Waals surface area (Å²) >= 11 is 0. The van der Waals surface area contributed by atoms with E-state index in [0.717, 1.165) is 30.2 Å². The molecular weight excluding hydrogens is 577 g/mol. The number of anilines is 1. The maximum absolute atomic E-state index is 13.6. The number of ether oxygens (including phenoxy) is 2. The molecule has 2 aromatic carbocycles. The number of hydrogen-bond donors (Lipinski definition) is 2. The van der Waals surface area contributed by atoms with Crippen LogP contribution in [0, 0.1) is 0 Å². The normalized spacial score (nSPS) is 19.7. The standard InChI is InChI=1S/C28H27F3N4O6S/c1-42(38,39)13-22(36)32-24-23(16-2-4-18(5-3-16)41-19-6-7-19)34-35-14-27(33-26(37)25(24)35)11-10-17-12-20(8-9-21(17)27)40-15-28(29,30)31/h2-5,8-9,12,19H,6-7,10-11,13-15H2,1H3,(H,32,36)(H,33,37)/t27-/m0/s1. The third-order valence-electron chi connectivity index (χ3n) is 7.37. The molecule has 222 valence electrons. The van der Waals surface area contributed by atoms with Crippen molar-refractivity contribution in [3.05, 3.63) is 59.3 Å². The first-order chi connectivity index (χ1) is 19.8. The van der Waals surface area contributed by atoms with E-state index in [0.29, 0.717) is 24.2 Å². The monoisotopic (exact) mass is 604 g/mol. The summed E-state index contributed by atoms with van der Waals surface area (Å²) in [5.41, 5.74) is 1.61. The summed E-state index contributed by atoms with van der Waals surface area (Å²) in [4.78, 5) is 26.3. The van der Waals surface area contributed by atoms with Crippen molar-refractivity contribution in [3.63, 3.8) is 0 Å². The molecule has 14 heteroatoms. The topological polar surface area (TPSA) is 129 Å². The van der Waals surface area contributed by atoms with Crippen LogP contribution in [0.25, 0.3) is 11.3 Å². The van der Waals surface area contributed by atoms with E-state index in [1.54, 1.807) is 36.4 Å². The third-order valence-corrected chi connectivity index (χ3v) is 8.16. The number of aryl methyl sites for hydroxylation is 1. The van der Waals surface area contributed by atoms with E-state index in [1.165, 1.54) is 10.7 Å². The van der Waals surface area contributed by atoms with E-state index < -0.39 is 45.7 Å². The number of benzene rings is 2. The van der Waals surface area contributed by atoms with Gasteiger partial charge in [0.1, 0.15) is 28.6 Å². The first-order valence-corrected chi connectivity index (χ1v) is 15.4. The first kappa shape index (κ1) is 28.1. The Morgan fingerprint density at radius 3 is 2.55 bits per heavy atom. The Morgan fingerprint density at radius 2 is 1.88 bits per heavy atom. The number of carbonyl (C=O) groups excluding carboxylic acids is 2. The predicted octanol–water partition coefficient (Wildman–Crippen LogP) is 3.60. The van der Waals surface area contributed by atoms with Crippen molar-refractivity contribution in [2.24, 2.45) is 0 Å². The average Bonchev–Trinajstić information content (AvgIpc) is 3.55. The van der Waals surface area contributed by atoms with Gasteiger partial charge in [0, 0.05) is 11.8 Å². The molecule has 6 rings (SSSR count). The lowest BCUT2D eigenvalue weighted by atomic mass is 9.89. The maximum atomic E-state index is 13.6. The van der Waals surface area contributed by atoms with E-state index in [-0.39, 0.29) is 35.5 Å². The van der Waals surface area contributed by atoms with Crippen LogP contribution in [0.3, 0.4) is 0 Å². The Kier molecular flexibility index (Phi) is 6.71. The van der Waals surface area contributed by atoms with Gasteiger partial charge in [-0.1, -0.05) is 6.07 Å². The van der Waals surface area contributed by atoms with Gasteiger partial charge in [-0.15, -0.1) is 0 Å². The fourth-order valence-corrected chi connectivity index (χ4v) is 6.01. The van der Waals surface area contributed by atoms with E-state index in [4.69, 9.17) is 14.6 Å². The van der Waals surface area contributed by atoms with Crippen molar-refractivity contribution in [2.75, 3.05) is 23.9 Å². The number of carbonyl (C=O) groups is 2. The Balaban J connectivity index is 1.34. The van der Waals surface area contributed by atoms with Crippen LogP contribution >= 0.6 is 0 Å². The Hall–Kier alpha value is -4.07. The Labute approximate surface area is 239 Å². The van der Waals surface area contributed by atoms with Crippen molar-refractivity contribution >= 4 is 27.3 Å². The second-order valence-corrected chi connectivity index (χ2v) is 13.1. The van der Waals surface area contributed by atoms with E-state index >= 15 is 0 Å². The van der Waals surface area contributed by atoms with E-state index in [1.807, 2.05) is 0 Å². The molecule has 0 unspecified atom stereocenters. The number of rotatable bonds is 8. The minimum atomic E-state index is -4.47. The highest BCUT2D eigenvalue weighted by Gasteiger charge is 2.46. The van der Waals surface area contributed by atoms with Crippen molar-refractivity contribution < 1.29 is 40.7 Å². The molecule has 2 aliphatic carbocycles. The van der Waals surface area contributed by atoms with Crippen LogP contribution in [0.4, 0.5) is 18.9 Å². The summed E-state index contributed by atoms with van der Waals surface area (Å²) in [6, 6.07) is 11.7. The molecule has 2 heterocycles. The quantitative estimate of drug-likeness (QED) is 0.402. The number of alkyl halides is 3. The van der Waals surface area contributed by atoms with Crippen LogP contribution < -0.4 is 20.1 Å². The second kappa shape index (κ2) is 10.0. The number of halogens is 3. The van der Waals surface area contributed by atoms with Gasteiger partial charge in [0.2, 0.25) is 5.91 Å². The highest BCUT2D eigenvalue weighted by molar-refractivity contribution is 7.91. The summed E-state index contributed by atoms with van der Waals surface area (Å²) < 4.78 is 73.6. The molecule has 2 amide bonds. The molecule has 1 spiro atoms. The summed E-state index contributed by atoms with van der Waals surface area (Å²) in [6.07, 6.45) is -0.389. The zero-order valence-corrected chi connectivity index (χ0v) is 23.3. The van der Waals surface area contributed by atoms with Gasteiger partial charge in [0.05, 0.1) is 18.2 Å². The van der Waals surface area contributed by atoms with Gasteiger partial charge < -0.3 is 20.1 Å². The van der Waals surface area contributed by atoms with Crippen molar-refractivity contribution in [1.82, 2.24) is 15.1 Å². The molecule has 1 atom stereocenters. The zero-order chi connectivity index (χ0) is 29.9. The van der Waals surface area contributed by atoms with Gasteiger partial charge in [-0.2, -0.15) is 18.3 Å². The summed E-state index contributed by atoms with van der Waals surface area (Å²) in [5, 5.41) is 10.3. The maximum Gasteiger partial charge on any atom is 0.422 e. The van der Waals surface area contributed by atoms with Crippen molar-refractivity contribution in [3.8, 4) is 22.8 Å². The molecular formula is C28H27F3N4O6S. The lowest BCUT2D eigenvalue weighted by Crippen LogP contribution is -2.52. The number of nitrogens with one attached hydrogen (secondary N) is 2. The summed E-state index contributed by atoms with van der Waals surface area (Å²) in [5.74, 6) is -1.37. The number of nitrogens with zero attached hydrogens (tertiary/aromatic N) is 2. The first-order valence-electron chi connectivity index (χ1n) is 13.3. The highest BCUT2D eigenvalue weighted by Crippen LogP contribution is 2.44. The molecule has 3 aliphatic rings. The van der Waals surface area contributed by atoms with Gasteiger partial charge in [0.15, 0.2) is 22.1 Å². The van der Waals surface area contributed by atoms with Gasteiger partial charge in [-0.25, -0.2) is 8.42 Å². The number of fused-ring (bicyclic) bond motifs is 3. The smallest absolute Gasteiger partial charge is 0.422 e. The molecule has 0 bridgehead atoms. The fourth-order valence-electron chi connectivity index (χ4n) is 5.46. The van der Waals surface area contributed by atoms with E-state index in [2.05, 4.69) is 10.6 Å². The molecule has 0 saturated heterocycles. The molecule has 42 heavy (non-hydrogen) atoms. The number of aromatic nitrogens is 2. The van der Waals surface area contributed by atoms with Crippen LogP contribution in [0.15, 0.2) is 42.5 Å². The highest BCUT2D eigenvalue weighted by atomic mass is 32.2. The van der Waals surface area contributed by atoms with Gasteiger partial charge in [0.25, 0.3) is 5.91 Å². The molecule has 2 N–H and O–H groups in total. The average molecular weight is 605 g/mol. The van der Waals surface area contributed by atoms with Crippen LogP contribution in [0.1, 0.15) is 40.9 Å². The Bertz CT molecular complexity index is 1680. The lowest BCUT2D eigenvalue weighted by molar-refractivity contribution is -0.153. The summed E-state index contributed by atoms with van der Waals surface area (Å²) in [7, 11) is -3.65. The molecule has 3 aromatic rings. The molecule has 10 nitrogen and oxygen atoms in total. The molecule has 1 aliphatic heterocycles. The van der Waals surface area contributed by atoms with E-state index in [9.17, 15) is 31.2 Å². The minimum absolute atomic E-state index is 0.0642. The fraction of sp³-hybridized carbons (Fsp3) is 0.393. The lowest BCUT2D eigenvalue weighted by Gasteiger charge is -2.36. The van der Waals surface area contributed by atoms with Crippen LogP contribution in [0.5, 0.6) is 11.5 Å². The van der Waals surface area contributed by atoms with Crippen LogP contribution in [-0.2, 0) is 33.1 Å². The molecule has 1 fully saturated rings. The largest absolute Gasteiger partial charge is 0.490 e. The number of amides is 2. The van der Waals surface area contributed by atoms with Gasteiger partial charge in [-0.3, -0.25) is 14.3 Å². The van der Waals surface area contributed by atoms with Crippen molar-refractivity contribution in [1.29, 1.82) is 0 Å². The van der Waals surface area contributed by atoms with Gasteiger partial charge in [-0.05, 0) is 73.2 Å². The van der Waals surface area contributed by atoms with Gasteiger partial charge >= 0.3 is 6.18 Å². The molecule has 1 aromatic heterocycles. The zero-order valence-electron chi connectivity index (χ0n) is 22.5.